The summed E-state index contributed by atoms with van der Waals surface area (Å²) in [6, 6.07) is 8.63. The van der Waals surface area contributed by atoms with Gasteiger partial charge in [0.2, 0.25) is 5.88 Å². The third kappa shape index (κ3) is 2.20. The van der Waals surface area contributed by atoms with Crippen molar-refractivity contribution in [2.75, 3.05) is 12.8 Å². The van der Waals surface area contributed by atoms with Crippen LogP contribution in [0.3, 0.4) is 0 Å². The molecule has 0 aliphatic carbocycles. The summed E-state index contributed by atoms with van der Waals surface area (Å²) in [6.07, 6.45) is 1.58. The van der Waals surface area contributed by atoms with Crippen LogP contribution in [0.2, 0.25) is 0 Å². The number of methoxy groups -OCH3 is 1. The molecule has 16 heavy (non-hydrogen) atoms. The van der Waals surface area contributed by atoms with Gasteiger partial charge in [0.1, 0.15) is 11.5 Å². The lowest BCUT2D eigenvalue weighted by molar-refractivity contribution is 0.414. The number of nitrogens with two attached hydrogens (primary N) is 1. The van der Waals surface area contributed by atoms with Gasteiger partial charge in [-0.25, -0.2) is 0 Å². The van der Waals surface area contributed by atoms with Gasteiger partial charge in [0, 0.05) is 18.3 Å². The third-order valence-corrected chi connectivity index (χ3v) is 1.97. The van der Waals surface area contributed by atoms with Crippen molar-refractivity contribution >= 4 is 5.69 Å². The molecule has 0 bridgehead atoms. The minimum absolute atomic E-state index is 0.423. The molecule has 1 aromatic carbocycles. The Hall–Kier alpha value is -2.30. The smallest absolute Gasteiger partial charge is 0.238 e. The van der Waals surface area contributed by atoms with Crippen LogP contribution < -0.4 is 15.2 Å². The molecule has 1 aromatic heterocycles. The molecule has 0 atom stereocenters. The first-order chi connectivity index (χ1) is 7.79. The second kappa shape index (κ2) is 4.48. The Morgan fingerprint density at radius 1 is 1.25 bits per heavy atom. The van der Waals surface area contributed by atoms with E-state index in [2.05, 4.69) is 10.2 Å². The molecule has 0 aliphatic rings. The standard InChI is InChI=1S/C11H11N3O2/c1-15-10-5-4-8(7-9(10)12)16-11-3-2-6-13-14-11/h2-7H,12H2,1H3. The number of aromatic nitrogens is 2. The largest absolute Gasteiger partial charge is 0.495 e. The van der Waals surface area contributed by atoms with Crippen LogP contribution >= 0.6 is 0 Å². The summed E-state index contributed by atoms with van der Waals surface area (Å²) in [4.78, 5) is 0. The van der Waals surface area contributed by atoms with E-state index in [0.717, 1.165) is 0 Å². The van der Waals surface area contributed by atoms with Gasteiger partial charge in [-0.15, -0.1) is 5.10 Å². The van der Waals surface area contributed by atoms with Gasteiger partial charge in [0.05, 0.1) is 12.8 Å². The minimum Gasteiger partial charge on any atom is -0.495 e. The molecule has 82 valence electrons. The zero-order valence-electron chi connectivity index (χ0n) is 8.75. The van der Waals surface area contributed by atoms with Crippen LogP contribution in [0.4, 0.5) is 5.69 Å². The maximum absolute atomic E-state index is 5.74. The molecule has 2 aromatic rings. The first-order valence-corrected chi connectivity index (χ1v) is 4.68. The lowest BCUT2D eigenvalue weighted by atomic mass is 10.3. The Bertz CT molecular complexity index is 474. The van der Waals surface area contributed by atoms with E-state index in [4.69, 9.17) is 15.2 Å². The fourth-order valence-electron chi connectivity index (χ4n) is 1.24. The summed E-state index contributed by atoms with van der Waals surface area (Å²) in [7, 11) is 1.56. The molecule has 0 amide bonds. The van der Waals surface area contributed by atoms with E-state index in [1.54, 1.807) is 43.6 Å². The van der Waals surface area contributed by atoms with Gasteiger partial charge in [-0.3, -0.25) is 0 Å². The predicted octanol–water partition coefficient (Wildman–Crippen LogP) is 1.86. The second-order valence-electron chi connectivity index (χ2n) is 3.07. The number of rotatable bonds is 3. The fourth-order valence-corrected chi connectivity index (χ4v) is 1.24. The molecule has 0 fully saturated rings. The van der Waals surface area contributed by atoms with Gasteiger partial charge in [-0.2, -0.15) is 5.10 Å². The highest BCUT2D eigenvalue weighted by Crippen LogP contribution is 2.28. The van der Waals surface area contributed by atoms with Crippen LogP contribution in [0.15, 0.2) is 36.5 Å². The quantitative estimate of drug-likeness (QED) is 0.794. The van der Waals surface area contributed by atoms with Crippen LogP contribution in [-0.4, -0.2) is 17.3 Å². The molecular weight excluding hydrogens is 206 g/mol. The Labute approximate surface area is 92.8 Å². The highest BCUT2D eigenvalue weighted by atomic mass is 16.5. The second-order valence-corrected chi connectivity index (χ2v) is 3.07. The number of hydrogen-bond donors (Lipinski definition) is 1. The number of benzene rings is 1. The highest BCUT2D eigenvalue weighted by Gasteiger charge is 2.03. The first kappa shape index (κ1) is 10.2. The summed E-state index contributed by atoms with van der Waals surface area (Å²) in [6.45, 7) is 0. The average molecular weight is 217 g/mol. The van der Waals surface area contributed by atoms with Gasteiger partial charge in [-0.1, -0.05) is 0 Å². The zero-order valence-corrected chi connectivity index (χ0v) is 8.75. The number of hydrogen-bond acceptors (Lipinski definition) is 5. The molecule has 0 unspecified atom stereocenters. The molecule has 2 N–H and O–H groups in total. The molecule has 0 saturated carbocycles. The fraction of sp³-hybridized carbons (Fsp3) is 0.0909. The third-order valence-electron chi connectivity index (χ3n) is 1.97. The maximum Gasteiger partial charge on any atom is 0.238 e. The lowest BCUT2D eigenvalue weighted by Gasteiger charge is -2.07. The van der Waals surface area contributed by atoms with Gasteiger partial charge < -0.3 is 15.2 Å². The summed E-state index contributed by atoms with van der Waals surface area (Å²) in [5.74, 6) is 1.64. The molecule has 0 spiro atoms. The number of nitrogen functional groups attached to an aromatic ring is 1. The normalized spacial score (nSPS) is 9.81. The summed E-state index contributed by atoms with van der Waals surface area (Å²) in [5, 5.41) is 7.51. The van der Waals surface area contributed by atoms with Crippen LogP contribution in [-0.2, 0) is 0 Å². The van der Waals surface area contributed by atoms with Crippen LogP contribution in [0.25, 0.3) is 0 Å². The summed E-state index contributed by atoms with van der Waals surface area (Å²) < 4.78 is 10.5. The Kier molecular flexibility index (Phi) is 2.86. The van der Waals surface area contributed by atoms with Crippen LogP contribution in [0, 0.1) is 0 Å². The van der Waals surface area contributed by atoms with E-state index in [1.165, 1.54) is 0 Å². The summed E-state index contributed by atoms with van der Waals surface area (Å²) in [5.41, 5.74) is 6.26. The van der Waals surface area contributed by atoms with E-state index in [9.17, 15) is 0 Å². The predicted molar refractivity (Wildman–Crippen MR) is 59.5 cm³/mol. The van der Waals surface area contributed by atoms with Gasteiger partial charge in [0.15, 0.2) is 0 Å². The van der Waals surface area contributed by atoms with E-state index in [-0.39, 0.29) is 0 Å². The van der Waals surface area contributed by atoms with Crippen molar-refractivity contribution < 1.29 is 9.47 Å². The maximum atomic E-state index is 5.74. The van der Waals surface area contributed by atoms with Crippen LogP contribution in [0.5, 0.6) is 17.4 Å². The van der Waals surface area contributed by atoms with E-state index < -0.39 is 0 Å². The van der Waals surface area contributed by atoms with Crippen molar-refractivity contribution in [3.63, 3.8) is 0 Å². The van der Waals surface area contributed by atoms with Crippen molar-refractivity contribution in [3.05, 3.63) is 36.5 Å². The van der Waals surface area contributed by atoms with E-state index >= 15 is 0 Å². The number of nitrogens with zero attached hydrogens (tertiary/aromatic N) is 2. The molecule has 0 radical (unpaired) electrons. The summed E-state index contributed by atoms with van der Waals surface area (Å²) >= 11 is 0. The molecule has 0 aliphatic heterocycles. The lowest BCUT2D eigenvalue weighted by Crippen LogP contribution is -1.94. The monoisotopic (exact) mass is 217 g/mol. The van der Waals surface area contributed by atoms with E-state index in [1.807, 2.05) is 0 Å². The van der Waals surface area contributed by atoms with Gasteiger partial charge >= 0.3 is 0 Å². The number of anilines is 1. The minimum atomic E-state index is 0.423. The molecule has 1 heterocycles. The molecule has 5 heteroatoms. The van der Waals surface area contributed by atoms with Crippen molar-refractivity contribution in [1.29, 1.82) is 0 Å². The Morgan fingerprint density at radius 2 is 2.12 bits per heavy atom. The van der Waals surface area contributed by atoms with Gasteiger partial charge in [0.25, 0.3) is 0 Å². The SMILES string of the molecule is COc1ccc(Oc2cccnn2)cc1N. The topological polar surface area (TPSA) is 70.3 Å². The van der Waals surface area contributed by atoms with Gasteiger partial charge in [-0.05, 0) is 18.2 Å². The van der Waals surface area contributed by atoms with Crippen molar-refractivity contribution in [3.8, 4) is 17.4 Å². The first-order valence-electron chi connectivity index (χ1n) is 4.68. The molecule has 2 rings (SSSR count). The Balaban J connectivity index is 2.20. The molecular formula is C11H11N3O2. The van der Waals surface area contributed by atoms with Crippen molar-refractivity contribution in [1.82, 2.24) is 10.2 Å². The zero-order chi connectivity index (χ0) is 11.4. The highest BCUT2D eigenvalue weighted by molar-refractivity contribution is 5.56. The molecule has 0 saturated heterocycles. The average Bonchev–Trinajstić information content (AvgIpc) is 2.31. The van der Waals surface area contributed by atoms with Crippen LogP contribution in [0.1, 0.15) is 0 Å². The number of ether oxygens (including phenoxy) is 2. The molecule has 5 nitrogen and oxygen atoms in total. The van der Waals surface area contributed by atoms with Crippen molar-refractivity contribution in [2.45, 2.75) is 0 Å². The van der Waals surface area contributed by atoms with E-state index in [0.29, 0.717) is 23.1 Å². The van der Waals surface area contributed by atoms with Crippen molar-refractivity contribution in [2.24, 2.45) is 0 Å². The Morgan fingerprint density at radius 3 is 2.75 bits per heavy atom.